The number of aryl methyl sites for hydroxylation is 1. The van der Waals surface area contributed by atoms with Gasteiger partial charge in [-0.1, -0.05) is 80.6 Å². The normalized spacial score (nSPS) is 13.0. The monoisotopic (exact) mass is 451 g/mol. The zero-order valence-electron chi connectivity index (χ0n) is 20.7. The number of amides is 1. The summed E-state index contributed by atoms with van der Waals surface area (Å²) in [6.45, 7) is 12.3. The van der Waals surface area contributed by atoms with Crippen molar-refractivity contribution in [2.24, 2.45) is 11.8 Å². The second-order valence-electron chi connectivity index (χ2n) is 9.17. The van der Waals surface area contributed by atoms with Crippen LogP contribution in [0.4, 0.5) is 5.69 Å². The fourth-order valence-electron chi connectivity index (χ4n) is 5.14. The Kier molecular flexibility index (Phi) is 6.74. The van der Waals surface area contributed by atoms with Gasteiger partial charge in [-0.05, 0) is 65.4 Å². The molecule has 174 valence electrons. The molecular weight excluding hydrogens is 418 g/mol. The first-order chi connectivity index (χ1) is 16.4. The molecule has 1 N–H and O–H groups in total. The van der Waals surface area contributed by atoms with Crippen molar-refractivity contribution in [2.75, 3.05) is 12.4 Å². The van der Waals surface area contributed by atoms with Crippen LogP contribution in [0.25, 0.3) is 32.7 Å². The topological polar surface area (TPSA) is 38.3 Å². The van der Waals surface area contributed by atoms with Gasteiger partial charge in [0.05, 0.1) is 12.8 Å². The van der Waals surface area contributed by atoms with Crippen molar-refractivity contribution in [3.05, 3.63) is 84.4 Å². The molecule has 0 saturated heterocycles. The van der Waals surface area contributed by atoms with E-state index in [2.05, 4.69) is 62.1 Å². The quantitative estimate of drug-likeness (QED) is 0.288. The summed E-state index contributed by atoms with van der Waals surface area (Å²) < 4.78 is 5.87. The lowest BCUT2D eigenvalue weighted by molar-refractivity contribution is -0.120. The molecule has 3 nitrogen and oxygen atoms in total. The van der Waals surface area contributed by atoms with Gasteiger partial charge < -0.3 is 10.1 Å². The molecule has 0 unspecified atom stereocenters. The van der Waals surface area contributed by atoms with E-state index in [9.17, 15) is 4.79 Å². The minimum absolute atomic E-state index is 0.00804. The van der Waals surface area contributed by atoms with E-state index in [1.807, 2.05) is 44.2 Å². The number of ether oxygens (including phenoxy) is 1. The van der Waals surface area contributed by atoms with Crippen molar-refractivity contribution in [2.45, 2.75) is 34.1 Å². The molecule has 0 aliphatic rings. The van der Waals surface area contributed by atoms with Gasteiger partial charge in [-0.3, -0.25) is 4.79 Å². The number of rotatable bonds is 7. The fraction of sp³-hybridized carbons (Fsp3) is 0.258. The van der Waals surface area contributed by atoms with Gasteiger partial charge in [0.1, 0.15) is 5.75 Å². The van der Waals surface area contributed by atoms with E-state index in [4.69, 9.17) is 4.74 Å². The van der Waals surface area contributed by atoms with Crippen molar-refractivity contribution in [3.8, 4) is 16.9 Å². The average Bonchev–Trinajstić information content (AvgIpc) is 2.84. The van der Waals surface area contributed by atoms with E-state index in [1.165, 1.54) is 0 Å². The number of anilines is 1. The van der Waals surface area contributed by atoms with Crippen LogP contribution >= 0.6 is 0 Å². The molecule has 0 radical (unpaired) electrons. The lowest BCUT2D eigenvalue weighted by Gasteiger charge is -2.25. The highest BCUT2D eigenvalue weighted by Crippen LogP contribution is 2.46. The Hall–Kier alpha value is -3.59. The predicted molar refractivity (Wildman–Crippen MR) is 145 cm³/mol. The number of hydrogen-bond acceptors (Lipinski definition) is 2. The first-order valence-corrected chi connectivity index (χ1v) is 11.9. The lowest BCUT2D eigenvalue weighted by atomic mass is 9.85. The summed E-state index contributed by atoms with van der Waals surface area (Å²) in [5, 5.41) is 7.75. The van der Waals surface area contributed by atoms with Crippen LogP contribution in [-0.2, 0) is 4.79 Å². The maximum Gasteiger partial charge on any atom is 0.227 e. The van der Waals surface area contributed by atoms with Gasteiger partial charge in [0.25, 0.3) is 0 Å². The van der Waals surface area contributed by atoms with E-state index in [0.717, 1.165) is 61.7 Å². The second kappa shape index (κ2) is 9.72. The van der Waals surface area contributed by atoms with Gasteiger partial charge in [0.15, 0.2) is 0 Å². The first-order valence-electron chi connectivity index (χ1n) is 11.9. The molecule has 0 bridgehead atoms. The zero-order valence-corrected chi connectivity index (χ0v) is 20.7. The average molecular weight is 452 g/mol. The van der Waals surface area contributed by atoms with Crippen LogP contribution < -0.4 is 10.1 Å². The summed E-state index contributed by atoms with van der Waals surface area (Å²) in [5.74, 6) is 0.743. The van der Waals surface area contributed by atoms with Crippen molar-refractivity contribution >= 4 is 33.1 Å². The van der Waals surface area contributed by atoms with Crippen molar-refractivity contribution in [1.82, 2.24) is 0 Å². The maximum absolute atomic E-state index is 13.5. The summed E-state index contributed by atoms with van der Waals surface area (Å²) in [4.78, 5) is 13.5. The largest absolute Gasteiger partial charge is 0.496 e. The summed E-state index contributed by atoms with van der Waals surface area (Å²) in [5.41, 5.74) is 4.88. The molecule has 0 heterocycles. The van der Waals surface area contributed by atoms with Crippen molar-refractivity contribution in [1.29, 1.82) is 0 Å². The maximum atomic E-state index is 13.5. The molecule has 0 fully saturated rings. The molecule has 0 aromatic heterocycles. The molecule has 4 aromatic rings. The highest BCUT2D eigenvalue weighted by molar-refractivity contribution is 6.14. The lowest BCUT2D eigenvalue weighted by Crippen LogP contribution is -2.28. The number of nitrogens with one attached hydrogen (secondary N) is 1. The number of carbonyl (C=O) groups is 1. The number of methoxy groups -OCH3 is 1. The predicted octanol–water partition coefficient (Wildman–Crippen LogP) is 8.15. The molecule has 2 atom stereocenters. The van der Waals surface area contributed by atoms with Crippen LogP contribution in [0.3, 0.4) is 0 Å². The van der Waals surface area contributed by atoms with Crippen LogP contribution in [0, 0.1) is 18.8 Å². The summed E-state index contributed by atoms with van der Waals surface area (Å²) in [7, 11) is 1.70. The van der Waals surface area contributed by atoms with E-state index >= 15 is 0 Å². The molecule has 34 heavy (non-hydrogen) atoms. The van der Waals surface area contributed by atoms with Crippen LogP contribution in [0.1, 0.15) is 32.8 Å². The van der Waals surface area contributed by atoms with Crippen LogP contribution in [0.2, 0.25) is 0 Å². The second-order valence-corrected chi connectivity index (χ2v) is 9.17. The third kappa shape index (κ3) is 4.19. The fourth-order valence-corrected chi connectivity index (χ4v) is 5.14. The summed E-state index contributed by atoms with van der Waals surface area (Å²) in [6.07, 6.45) is 0.880. The number of allylic oxidation sites excluding steroid dienone is 1. The highest BCUT2D eigenvalue weighted by atomic mass is 16.5. The minimum atomic E-state index is -0.185. The molecule has 4 aromatic carbocycles. The van der Waals surface area contributed by atoms with Crippen LogP contribution in [-0.4, -0.2) is 13.0 Å². The Morgan fingerprint density at radius 2 is 1.59 bits per heavy atom. The number of benzene rings is 4. The Bertz CT molecular complexity index is 1390. The van der Waals surface area contributed by atoms with Gasteiger partial charge in [0.2, 0.25) is 5.91 Å². The number of hydrogen-bond donors (Lipinski definition) is 1. The molecule has 1 amide bonds. The van der Waals surface area contributed by atoms with Crippen molar-refractivity contribution < 1.29 is 9.53 Å². The van der Waals surface area contributed by atoms with Crippen LogP contribution in [0.15, 0.2) is 78.9 Å². The van der Waals surface area contributed by atoms with Gasteiger partial charge in [0, 0.05) is 17.0 Å². The van der Waals surface area contributed by atoms with E-state index in [0.29, 0.717) is 0 Å². The van der Waals surface area contributed by atoms with Crippen molar-refractivity contribution in [3.63, 3.8) is 0 Å². The standard InChI is InChI=1S/C31H33NO2/c1-7-24(19(2)3)21(5)31(33)32-30-20(4)18-23-13-9-11-15-26(23)29(30)28-25-14-10-8-12-22(25)16-17-27(28)34-6/h8-18,21,24H,2,7H2,1,3-6H3,(H,32,33)/t21-,24+/m0/s1. The van der Waals surface area contributed by atoms with Gasteiger partial charge in [-0.15, -0.1) is 0 Å². The minimum Gasteiger partial charge on any atom is -0.496 e. The highest BCUT2D eigenvalue weighted by Gasteiger charge is 2.26. The number of fused-ring (bicyclic) bond motifs is 2. The molecular formula is C31H33NO2. The van der Waals surface area contributed by atoms with Crippen LogP contribution in [0.5, 0.6) is 5.75 Å². The molecule has 0 aliphatic heterocycles. The molecule has 3 heteroatoms. The van der Waals surface area contributed by atoms with Gasteiger partial charge in [-0.2, -0.15) is 0 Å². The Labute approximate surface area is 202 Å². The zero-order chi connectivity index (χ0) is 24.4. The third-order valence-electron chi connectivity index (χ3n) is 6.95. The molecule has 4 rings (SSSR count). The SMILES string of the molecule is C=C(C)[C@@H](CC)[C@H](C)C(=O)Nc1c(C)cc2ccccc2c1-c1c(OC)ccc2ccccc12. The molecule has 0 spiro atoms. The van der Waals surface area contributed by atoms with E-state index in [1.54, 1.807) is 7.11 Å². The Morgan fingerprint density at radius 3 is 2.21 bits per heavy atom. The van der Waals surface area contributed by atoms with E-state index < -0.39 is 0 Å². The Balaban J connectivity index is 2.00. The number of carbonyl (C=O) groups excluding carboxylic acids is 1. The Morgan fingerprint density at radius 1 is 0.971 bits per heavy atom. The third-order valence-corrected chi connectivity index (χ3v) is 6.95. The van der Waals surface area contributed by atoms with Gasteiger partial charge in [-0.25, -0.2) is 0 Å². The summed E-state index contributed by atoms with van der Waals surface area (Å²) >= 11 is 0. The van der Waals surface area contributed by atoms with E-state index in [-0.39, 0.29) is 17.7 Å². The smallest absolute Gasteiger partial charge is 0.227 e. The molecule has 0 saturated carbocycles. The van der Waals surface area contributed by atoms with Gasteiger partial charge >= 0.3 is 0 Å². The first kappa shape index (κ1) is 23.6. The summed E-state index contributed by atoms with van der Waals surface area (Å²) in [6, 6.07) is 22.9. The molecule has 0 aliphatic carbocycles.